The van der Waals surface area contributed by atoms with Crippen LogP contribution in [0.5, 0.6) is 0 Å². The molecule has 0 rings (SSSR count). The van der Waals surface area contributed by atoms with Crippen molar-refractivity contribution in [2.75, 3.05) is 13.1 Å². The maximum Gasteiger partial charge on any atom is 0.324 e. The number of carbonyl (C=O) groups is 4. The minimum atomic E-state index is -1.92. The van der Waals surface area contributed by atoms with E-state index in [1.54, 1.807) is 0 Å². The average molecular weight is 429 g/mol. The molecule has 0 fully saturated rings. The van der Waals surface area contributed by atoms with Gasteiger partial charge in [0.1, 0.15) is 11.1 Å². The Kier molecular flexibility index (Phi) is 9.52. The number of carboxylic acid groups (broad SMARTS) is 2. The van der Waals surface area contributed by atoms with Crippen LogP contribution in [0.4, 0.5) is 0 Å². The lowest BCUT2D eigenvalue weighted by Gasteiger charge is -2.40. The molecule has 0 spiro atoms. The van der Waals surface area contributed by atoms with Crippen LogP contribution in [0.1, 0.15) is 53.4 Å². The van der Waals surface area contributed by atoms with Gasteiger partial charge in [-0.05, 0) is 78.6 Å². The summed E-state index contributed by atoms with van der Waals surface area (Å²) in [5, 5.41) is 19.0. The summed E-state index contributed by atoms with van der Waals surface area (Å²) in [7, 11) is 0. The molecule has 0 aliphatic rings. The molecule has 0 aliphatic heterocycles. The lowest BCUT2D eigenvalue weighted by molar-refractivity contribution is -0.152. The number of rotatable bonds is 14. The van der Waals surface area contributed by atoms with Crippen LogP contribution in [0.2, 0.25) is 0 Å². The van der Waals surface area contributed by atoms with Crippen molar-refractivity contribution in [3.05, 3.63) is 12.2 Å². The van der Waals surface area contributed by atoms with Gasteiger partial charge in [0.15, 0.2) is 11.6 Å². The zero-order chi connectivity index (χ0) is 24.0. The Morgan fingerprint density at radius 2 is 0.967 bits per heavy atom. The monoisotopic (exact) mass is 428 g/mol. The second kappa shape index (κ2) is 10.3. The molecule has 0 aromatic carbocycles. The fraction of sp³-hybridized carbons (Fsp3) is 0.700. The Morgan fingerprint density at radius 3 is 1.17 bits per heavy atom. The van der Waals surface area contributed by atoms with E-state index in [4.69, 9.17) is 22.9 Å². The Labute approximate surface area is 177 Å². The molecule has 0 saturated carbocycles. The molecule has 0 amide bonds. The van der Waals surface area contributed by atoms with Crippen LogP contribution in [-0.2, 0) is 19.2 Å². The highest BCUT2D eigenvalue weighted by Gasteiger charge is 2.53. The van der Waals surface area contributed by atoms with Gasteiger partial charge in [0.25, 0.3) is 0 Å². The number of hydrogen-bond acceptors (Lipinski definition) is 8. The number of aliphatic carboxylic acids is 2. The van der Waals surface area contributed by atoms with Gasteiger partial charge in [0, 0.05) is 0 Å². The molecule has 0 aromatic heterocycles. The van der Waals surface area contributed by atoms with E-state index in [0.717, 1.165) is 12.2 Å². The summed E-state index contributed by atoms with van der Waals surface area (Å²) >= 11 is 0. The summed E-state index contributed by atoms with van der Waals surface area (Å²) in [5.74, 6) is -4.09. The molecule has 10 nitrogen and oxygen atoms in total. The SMILES string of the molecule is CC(N)(C(=O)O)C(C)(CCCN)C(=O)/C=C\C(=O)C(C)(CCCN)C(C)(N)C(=O)O. The Balaban J connectivity index is 6.09. The van der Waals surface area contributed by atoms with Crippen molar-refractivity contribution in [3.63, 3.8) is 0 Å². The van der Waals surface area contributed by atoms with Gasteiger partial charge in [-0.2, -0.15) is 0 Å². The molecule has 10 N–H and O–H groups in total. The first-order valence-corrected chi connectivity index (χ1v) is 9.78. The predicted octanol–water partition coefficient (Wildman–Crippen LogP) is -0.225. The predicted molar refractivity (Wildman–Crippen MR) is 112 cm³/mol. The molecule has 172 valence electrons. The van der Waals surface area contributed by atoms with Gasteiger partial charge in [-0.15, -0.1) is 0 Å². The summed E-state index contributed by atoms with van der Waals surface area (Å²) in [6.07, 6.45) is 2.77. The molecular weight excluding hydrogens is 392 g/mol. The third-order valence-electron chi connectivity index (χ3n) is 6.42. The number of carbonyl (C=O) groups excluding carboxylic acids is 2. The van der Waals surface area contributed by atoms with E-state index in [1.165, 1.54) is 27.7 Å². The molecule has 10 heteroatoms. The highest BCUT2D eigenvalue weighted by atomic mass is 16.4. The van der Waals surface area contributed by atoms with Crippen molar-refractivity contribution >= 4 is 23.5 Å². The van der Waals surface area contributed by atoms with Crippen molar-refractivity contribution in [1.82, 2.24) is 0 Å². The summed E-state index contributed by atoms with van der Waals surface area (Å²) in [4.78, 5) is 49.2. The molecule has 4 unspecified atom stereocenters. The van der Waals surface area contributed by atoms with Crippen molar-refractivity contribution in [2.24, 2.45) is 33.8 Å². The summed E-state index contributed by atoms with van der Waals surface area (Å²) < 4.78 is 0. The van der Waals surface area contributed by atoms with Crippen molar-refractivity contribution in [3.8, 4) is 0 Å². The highest BCUT2D eigenvalue weighted by Crippen LogP contribution is 2.38. The molecule has 0 saturated heterocycles. The van der Waals surface area contributed by atoms with E-state index >= 15 is 0 Å². The maximum absolute atomic E-state index is 13.0. The van der Waals surface area contributed by atoms with Crippen LogP contribution < -0.4 is 22.9 Å². The molecule has 30 heavy (non-hydrogen) atoms. The lowest BCUT2D eigenvalue weighted by Crippen LogP contribution is -2.61. The molecule has 0 aromatic rings. The first kappa shape index (κ1) is 27.9. The standard InChI is InChI=1S/C20H36N4O6/c1-17(9-5-11-21,19(3,23)15(27)28)13(25)7-8-14(26)18(2,10-6-12-22)20(4,24)16(29)30/h7-8H,5-6,9-12,21-24H2,1-4H3,(H,27,28)(H,29,30)/b8-7-. The minimum absolute atomic E-state index is 0.0916. The number of hydrogen-bond donors (Lipinski definition) is 6. The third-order valence-corrected chi connectivity index (χ3v) is 6.42. The Hall–Kier alpha value is -2.14. The second-order valence-electron chi connectivity index (χ2n) is 8.53. The van der Waals surface area contributed by atoms with Crippen LogP contribution in [0.25, 0.3) is 0 Å². The first-order chi connectivity index (χ1) is 13.6. The number of allylic oxidation sites excluding steroid dienone is 2. The van der Waals surface area contributed by atoms with Crippen LogP contribution >= 0.6 is 0 Å². The fourth-order valence-electron chi connectivity index (χ4n) is 3.18. The van der Waals surface area contributed by atoms with E-state index in [2.05, 4.69) is 0 Å². The van der Waals surface area contributed by atoms with Gasteiger partial charge >= 0.3 is 11.9 Å². The van der Waals surface area contributed by atoms with E-state index in [9.17, 15) is 29.4 Å². The quantitative estimate of drug-likeness (QED) is 0.200. The first-order valence-electron chi connectivity index (χ1n) is 9.78. The third kappa shape index (κ3) is 5.31. The largest absolute Gasteiger partial charge is 0.480 e. The fourth-order valence-corrected chi connectivity index (χ4v) is 3.18. The van der Waals surface area contributed by atoms with Crippen LogP contribution in [0.15, 0.2) is 12.2 Å². The van der Waals surface area contributed by atoms with E-state index in [1.807, 2.05) is 0 Å². The summed E-state index contributed by atoms with van der Waals surface area (Å²) in [6, 6.07) is 0. The van der Waals surface area contributed by atoms with E-state index < -0.39 is 45.4 Å². The van der Waals surface area contributed by atoms with Gasteiger partial charge in [0.05, 0.1) is 10.8 Å². The van der Waals surface area contributed by atoms with Gasteiger partial charge in [-0.3, -0.25) is 19.2 Å². The van der Waals surface area contributed by atoms with Gasteiger partial charge in [-0.25, -0.2) is 0 Å². The average Bonchev–Trinajstić information content (AvgIpc) is 2.66. The van der Waals surface area contributed by atoms with Gasteiger partial charge in [0.2, 0.25) is 0 Å². The van der Waals surface area contributed by atoms with Crippen molar-refractivity contribution in [2.45, 2.75) is 64.5 Å². The van der Waals surface area contributed by atoms with Gasteiger partial charge in [-0.1, -0.05) is 0 Å². The zero-order valence-corrected chi connectivity index (χ0v) is 18.2. The number of carboxylic acids is 2. The Bertz CT molecular complexity index is 645. The second-order valence-corrected chi connectivity index (χ2v) is 8.53. The smallest absolute Gasteiger partial charge is 0.324 e. The topological polar surface area (TPSA) is 213 Å². The normalized spacial score (nSPS) is 19.9. The number of ketones is 2. The van der Waals surface area contributed by atoms with Crippen molar-refractivity contribution < 1.29 is 29.4 Å². The highest BCUT2D eigenvalue weighted by molar-refractivity contribution is 6.07. The van der Waals surface area contributed by atoms with E-state index in [-0.39, 0.29) is 25.9 Å². The molecule has 0 aliphatic carbocycles. The molecule has 0 radical (unpaired) electrons. The van der Waals surface area contributed by atoms with Gasteiger partial charge < -0.3 is 33.1 Å². The van der Waals surface area contributed by atoms with Crippen molar-refractivity contribution in [1.29, 1.82) is 0 Å². The summed E-state index contributed by atoms with van der Waals surface area (Å²) in [5.41, 5.74) is 16.0. The lowest BCUT2D eigenvalue weighted by atomic mass is 9.65. The van der Waals surface area contributed by atoms with Crippen LogP contribution in [-0.4, -0.2) is 57.9 Å². The molecular formula is C20H36N4O6. The summed E-state index contributed by atoms with van der Waals surface area (Å²) in [6.45, 7) is 5.72. The number of nitrogens with two attached hydrogens (primary N) is 4. The molecule has 0 heterocycles. The van der Waals surface area contributed by atoms with Crippen LogP contribution in [0.3, 0.4) is 0 Å². The molecule has 0 bridgehead atoms. The maximum atomic E-state index is 13.0. The minimum Gasteiger partial charge on any atom is -0.480 e. The zero-order valence-electron chi connectivity index (χ0n) is 18.2. The Morgan fingerprint density at radius 1 is 0.700 bits per heavy atom. The van der Waals surface area contributed by atoms with E-state index in [0.29, 0.717) is 12.8 Å². The van der Waals surface area contributed by atoms with Crippen LogP contribution in [0, 0.1) is 10.8 Å². The molecule has 4 atom stereocenters.